The largest absolute Gasteiger partial charge is 0.494 e. The Morgan fingerprint density at radius 2 is 1.93 bits per heavy atom. The minimum absolute atomic E-state index is 0.0947. The number of aryl methyl sites for hydroxylation is 1. The van der Waals surface area contributed by atoms with Gasteiger partial charge in [0.25, 0.3) is 0 Å². The zero-order valence-corrected chi connectivity index (χ0v) is 17.2. The average Bonchev–Trinajstić information content (AvgIpc) is 2.73. The monoisotopic (exact) mass is 399 g/mol. The van der Waals surface area contributed by atoms with E-state index in [1.54, 1.807) is 11.0 Å². The SMILES string of the molecule is CCOc1ccc(CNC(=O)N(Cc2ccc(C)cc2F)C2CCNCC2)cc1. The number of nitrogens with zero attached hydrogens (tertiary/aromatic N) is 1. The number of amides is 2. The first-order valence-electron chi connectivity index (χ1n) is 10.3. The molecule has 1 fully saturated rings. The van der Waals surface area contributed by atoms with Crippen molar-refractivity contribution < 1.29 is 13.9 Å². The van der Waals surface area contributed by atoms with Gasteiger partial charge in [0.15, 0.2) is 0 Å². The molecule has 29 heavy (non-hydrogen) atoms. The minimum atomic E-state index is -0.261. The topological polar surface area (TPSA) is 53.6 Å². The van der Waals surface area contributed by atoms with E-state index in [0.717, 1.165) is 42.8 Å². The number of halogens is 1. The van der Waals surface area contributed by atoms with Crippen molar-refractivity contribution in [1.29, 1.82) is 0 Å². The average molecular weight is 400 g/mol. The third-order valence-electron chi connectivity index (χ3n) is 5.24. The molecule has 2 N–H and O–H groups in total. The minimum Gasteiger partial charge on any atom is -0.494 e. The summed E-state index contributed by atoms with van der Waals surface area (Å²) in [5, 5.41) is 6.32. The number of urea groups is 1. The van der Waals surface area contributed by atoms with E-state index in [0.29, 0.717) is 18.7 Å². The molecule has 0 bridgehead atoms. The molecule has 6 heteroatoms. The summed E-state index contributed by atoms with van der Waals surface area (Å²) in [5.74, 6) is 0.553. The Labute approximate surface area is 172 Å². The van der Waals surface area contributed by atoms with Gasteiger partial charge in [0, 0.05) is 18.2 Å². The Balaban J connectivity index is 1.68. The number of carbonyl (C=O) groups excluding carboxylic acids is 1. The van der Waals surface area contributed by atoms with Gasteiger partial charge in [-0.05, 0) is 69.1 Å². The van der Waals surface area contributed by atoms with Crippen molar-refractivity contribution in [2.24, 2.45) is 0 Å². The first kappa shape index (κ1) is 21.1. The lowest BCUT2D eigenvalue weighted by atomic mass is 10.0. The lowest BCUT2D eigenvalue weighted by Gasteiger charge is -2.35. The van der Waals surface area contributed by atoms with Gasteiger partial charge < -0.3 is 20.3 Å². The van der Waals surface area contributed by atoms with Gasteiger partial charge in [0.1, 0.15) is 11.6 Å². The van der Waals surface area contributed by atoms with E-state index in [2.05, 4.69) is 10.6 Å². The highest BCUT2D eigenvalue weighted by atomic mass is 19.1. The van der Waals surface area contributed by atoms with Gasteiger partial charge in [-0.1, -0.05) is 24.3 Å². The molecule has 0 unspecified atom stereocenters. The van der Waals surface area contributed by atoms with Crippen LogP contribution in [0.2, 0.25) is 0 Å². The fourth-order valence-electron chi connectivity index (χ4n) is 3.60. The Morgan fingerprint density at radius 3 is 2.59 bits per heavy atom. The van der Waals surface area contributed by atoms with Crippen LogP contribution in [0.25, 0.3) is 0 Å². The second-order valence-electron chi connectivity index (χ2n) is 7.44. The van der Waals surface area contributed by atoms with E-state index in [9.17, 15) is 9.18 Å². The van der Waals surface area contributed by atoms with Crippen molar-refractivity contribution in [3.8, 4) is 5.75 Å². The van der Waals surface area contributed by atoms with Gasteiger partial charge in [-0.3, -0.25) is 0 Å². The number of rotatable bonds is 7. The van der Waals surface area contributed by atoms with Crippen molar-refractivity contribution in [1.82, 2.24) is 15.5 Å². The van der Waals surface area contributed by atoms with Crippen molar-refractivity contribution in [2.75, 3.05) is 19.7 Å². The Kier molecular flexibility index (Phi) is 7.47. The van der Waals surface area contributed by atoms with Crippen LogP contribution in [-0.2, 0) is 13.1 Å². The molecule has 1 heterocycles. The zero-order chi connectivity index (χ0) is 20.6. The summed E-state index contributed by atoms with van der Waals surface area (Å²) in [5.41, 5.74) is 2.42. The van der Waals surface area contributed by atoms with Gasteiger partial charge in [0.05, 0.1) is 13.2 Å². The third kappa shape index (κ3) is 5.94. The van der Waals surface area contributed by atoms with Crippen LogP contribution in [0.4, 0.5) is 9.18 Å². The Hall–Kier alpha value is -2.60. The number of piperidine rings is 1. The highest BCUT2D eigenvalue weighted by Gasteiger charge is 2.26. The van der Waals surface area contributed by atoms with E-state index < -0.39 is 0 Å². The van der Waals surface area contributed by atoms with E-state index in [4.69, 9.17) is 4.74 Å². The lowest BCUT2D eigenvalue weighted by molar-refractivity contribution is 0.153. The molecular formula is C23H30FN3O2. The molecule has 1 aliphatic heterocycles. The van der Waals surface area contributed by atoms with Crippen LogP contribution >= 0.6 is 0 Å². The number of nitrogens with one attached hydrogen (secondary N) is 2. The zero-order valence-electron chi connectivity index (χ0n) is 17.2. The summed E-state index contributed by atoms with van der Waals surface area (Å²) >= 11 is 0. The summed E-state index contributed by atoms with van der Waals surface area (Å²) in [6.07, 6.45) is 1.73. The molecule has 1 aliphatic rings. The third-order valence-corrected chi connectivity index (χ3v) is 5.24. The molecule has 0 saturated carbocycles. The number of hydrogen-bond donors (Lipinski definition) is 2. The molecule has 0 spiro atoms. The Morgan fingerprint density at radius 1 is 1.21 bits per heavy atom. The maximum absolute atomic E-state index is 14.4. The molecular weight excluding hydrogens is 369 g/mol. The van der Waals surface area contributed by atoms with Crippen LogP contribution in [0.15, 0.2) is 42.5 Å². The Bertz CT molecular complexity index is 804. The second kappa shape index (κ2) is 10.3. The fourth-order valence-corrected chi connectivity index (χ4v) is 3.60. The molecule has 0 atom stereocenters. The molecule has 0 radical (unpaired) electrons. The van der Waals surface area contributed by atoms with Gasteiger partial charge in [-0.25, -0.2) is 9.18 Å². The quantitative estimate of drug-likeness (QED) is 0.740. The molecule has 5 nitrogen and oxygen atoms in total. The molecule has 3 rings (SSSR count). The van der Waals surface area contributed by atoms with Crippen molar-refractivity contribution >= 4 is 6.03 Å². The van der Waals surface area contributed by atoms with Gasteiger partial charge in [0.2, 0.25) is 0 Å². The van der Waals surface area contributed by atoms with Crippen molar-refractivity contribution in [3.05, 3.63) is 65.0 Å². The summed E-state index contributed by atoms with van der Waals surface area (Å²) in [7, 11) is 0. The fraction of sp³-hybridized carbons (Fsp3) is 0.435. The van der Waals surface area contributed by atoms with Crippen LogP contribution < -0.4 is 15.4 Å². The standard InChI is InChI=1S/C23H30FN3O2/c1-3-29-21-8-5-18(6-9-21)15-26-23(28)27(20-10-12-25-13-11-20)16-19-7-4-17(2)14-22(19)24/h4-9,14,20,25H,3,10-13,15-16H2,1-2H3,(H,26,28). The van der Waals surface area contributed by atoms with Gasteiger partial charge >= 0.3 is 6.03 Å². The van der Waals surface area contributed by atoms with Crippen LogP contribution in [-0.4, -0.2) is 36.7 Å². The molecule has 2 aromatic carbocycles. The molecule has 2 amide bonds. The van der Waals surface area contributed by atoms with Crippen LogP contribution in [0.1, 0.15) is 36.5 Å². The lowest BCUT2D eigenvalue weighted by Crippen LogP contribution is -2.49. The predicted molar refractivity (Wildman–Crippen MR) is 112 cm³/mol. The highest BCUT2D eigenvalue weighted by molar-refractivity contribution is 5.74. The molecule has 0 aromatic heterocycles. The van der Waals surface area contributed by atoms with Crippen molar-refractivity contribution in [3.63, 3.8) is 0 Å². The normalized spacial score (nSPS) is 14.4. The number of ether oxygens (including phenoxy) is 1. The second-order valence-corrected chi connectivity index (χ2v) is 7.44. The first-order chi connectivity index (χ1) is 14.1. The van der Waals surface area contributed by atoms with E-state index in [1.165, 1.54) is 6.07 Å². The summed E-state index contributed by atoms with van der Waals surface area (Å²) < 4.78 is 19.9. The van der Waals surface area contributed by atoms with Crippen LogP contribution in [0.5, 0.6) is 5.75 Å². The number of carbonyl (C=O) groups is 1. The maximum Gasteiger partial charge on any atom is 0.318 e. The molecule has 0 aliphatic carbocycles. The molecule has 2 aromatic rings. The first-order valence-corrected chi connectivity index (χ1v) is 10.3. The summed E-state index contributed by atoms with van der Waals surface area (Å²) in [6, 6.07) is 12.8. The summed E-state index contributed by atoms with van der Waals surface area (Å²) in [6.45, 7) is 6.85. The van der Waals surface area contributed by atoms with Gasteiger partial charge in [-0.2, -0.15) is 0 Å². The maximum atomic E-state index is 14.4. The van der Waals surface area contributed by atoms with E-state index in [-0.39, 0.29) is 24.4 Å². The van der Waals surface area contributed by atoms with Gasteiger partial charge in [-0.15, -0.1) is 0 Å². The van der Waals surface area contributed by atoms with Crippen molar-refractivity contribution in [2.45, 2.75) is 45.8 Å². The number of hydrogen-bond acceptors (Lipinski definition) is 3. The summed E-state index contributed by atoms with van der Waals surface area (Å²) in [4.78, 5) is 14.8. The number of benzene rings is 2. The van der Waals surface area contributed by atoms with E-state index in [1.807, 2.05) is 44.2 Å². The van der Waals surface area contributed by atoms with Crippen LogP contribution in [0, 0.1) is 12.7 Å². The molecule has 156 valence electrons. The predicted octanol–water partition coefficient (Wildman–Crippen LogP) is 4.00. The molecule has 1 saturated heterocycles. The van der Waals surface area contributed by atoms with Crippen LogP contribution in [0.3, 0.4) is 0 Å². The highest BCUT2D eigenvalue weighted by Crippen LogP contribution is 2.19. The van der Waals surface area contributed by atoms with E-state index >= 15 is 0 Å². The smallest absolute Gasteiger partial charge is 0.318 e.